The number of hydrogen-bond acceptors (Lipinski definition) is 3. The van der Waals surface area contributed by atoms with Gasteiger partial charge in [-0.1, -0.05) is 13.8 Å². The number of anilines is 1. The molecule has 24 heavy (non-hydrogen) atoms. The molecular weight excluding hydrogens is 323 g/mol. The van der Waals surface area contributed by atoms with Gasteiger partial charge in [-0.3, -0.25) is 4.99 Å². The van der Waals surface area contributed by atoms with E-state index in [1.54, 1.807) is 0 Å². The smallest absolute Gasteiger partial charge is 0.406 e. The molecule has 1 aliphatic rings. The maximum absolute atomic E-state index is 12.1. The van der Waals surface area contributed by atoms with Crippen LogP contribution in [-0.4, -0.2) is 29.6 Å². The van der Waals surface area contributed by atoms with Crippen molar-refractivity contribution in [1.82, 2.24) is 0 Å². The summed E-state index contributed by atoms with van der Waals surface area (Å²) < 4.78 is 40.1. The molecule has 0 aliphatic heterocycles. The summed E-state index contributed by atoms with van der Waals surface area (Å²) in [5, 5.41) is 13.4. The number of rotatable bonds is 4. The molecule has 0 aromatic heterocycles. The van der Waals surface area contributed by atoms with Gasteiger partial charge in [0.2, 0.25) is 0 Å². The molecule has 1 atom stereocenters. The molecule has 1 aromatic rings. The van der Waals surface area contributed by atoms with E-state index >= 15 is 0 Å². The molecule has 5 nitrogen and oxygen atoms in total. The zero-order valence-corrected chi connectivity index (χ0v) is 13.7. The second-order valence-corrected chi connectivity index (χ2v) is 6.67. The summed E-state index contributed by atoms with van der Waals surface area (Å²) in [5.41, 5.74) is 5.14. The van der Waals surface area contributed by atoms with Crippen LogP contribution in [-0.2, 0) is 0 Å². The Morgan fingerprint density at radius 1 is 1.29 bits per heavy atom. The fraction of sp³-hybridized carbons (Fsp3) is 0.562. The van der Waals surface area contributed by atoms with Crippen molar-refractivity contribution < 1.29 is 23.0 Å². The van der Waals surface area contributed by atoms with E-state index in [2.05, 4.69) is 15.0 Å². The number of hydrogen-bond donors (Lipinski definition) is 3. The molecule has 2 rings (SSSR count). The van der Waals surface area contributed by atoms with Crippen molar-refractivity contribution in [1.29, 1.82) is 0 Å². The molecule has 1 aliphatic carbocycles. The summed E-state index contributed by atoms with van der Waals surface area (Å²) in [6.07, 6.45) is -2.20. The largest absolute Gasteiger partial charge is 0.573 e. The lowest BCUT2D eigenvalue weighted by atomic mass is 9.78. The van der Waals surface area contributed by atoms with Gasteiger partial charge in [-0.05, 0) is 48.9 Å². The lowest BCUT2D eigenvalue weighted by Crippen LogP contribution is -2.43. The van der Waals surface area contributed by atoms with Crippen LogP contribution in [0.2, 0.25) is 0 Å². The van der Waals surface area contributed by atoms with Crippen LogP contribution in [0.15, 0.2) is 29.3 Å². The number of aliphatic imine (C=N–C) groups is 1. The molecule has 0 spiro atoms. The number of halogens is 3. The minimum absolute atomic E-state index is 0.0932. The Labute approximate surface area is 138 Å². The van der Waals surface area contributed by atoms with Gasteiger partial charge >= 0.3 is 6.36 Å². The first-order valence-corrected chi connectivity index (χ1v) is 7.66. The molecule has 0 heterocycles. The number of ether oxygens (including phenoxy) is 1. The minimum atomic E-state index is -4.72. The Morgan fingerprint density at radius 3 is 2.42 bits per heavy atom. The minimum Gasteiger partial charge on any atom is -0.406 e. The summed E-state index contributed by atoms with van der Waals surface area (Å²) in [6, 6.07) is 5.16. The highest BCUT2D eigenvalue weighted by Crippen LogP contribution is 2.45. The van der Waals surface area contributed by atoms with E-state index in [1.807, 2.05) is 13.8 Å². The fourth-order valence-corrected chi connectivity index (χ4v) is 2.83. The van der Waals surface area contributed by atoms with Crippen molar-refractivity contribution in [2.75, 3.05) is 11.9 Å². The first-order valence-electron chi connectivity index (χ1n) is 7.66. The number of guanidine groups is 1. The number of aliphatic hydroxyl groups is 1. The molecule has 1 saturated carbocycles. The monoisotopic (exact) mass is 345 g/mol. The Morgan fingerprint density at radius 2 is 1.92 bits per heavy atom. The van der Waals surface area contributed by atoms with E-state index in [9.17, 15) is 18.3 Å². The molecule has 0 radical (unpaired) electrons. The Kier molecular flexibility index (Phi) is 4.98. The van der Waals surface area contributed by atoms with Gasteiger partial charge in [0.15, 0.2) is 5.96 Å². The second-order valence-electron chi connectivity index (χ2n) is 6.67. The third-order valence-corrected chi connectivity index (χ3v) is 4.52. The highest BCUT2D eigenvalue weighted by atomic mass is 19.4. The summed E-state index contributed by atoms with van der Waals surface area (Å²) in [6.45, 7) is 4.17. The van der Waals surface area contributed by atoms with E-state index in [4.69, 9.17) is 5.73 Å². The van der Waals surface area contributed by atoms with Crippen molar-refractivity contribution in [2.24, 2.45) is 16.1 Å². The molecule has 8 heteroatoms. The van der Waals surface area contributed by atoms with Gasteiger partial charge in [0.25, 0.3) is 0 Å². The highest BCUT2D eigenvalue weighted by Gasteiger charge is 2.47. The fourth-order valence-electron chi connectivity index (χ4n) is 2.83. The van der Waals surface area contributed by atoms with Crippen molar-refractivity contribution in [3.63, 3.8) is 0 Å². The summed E-state index contributed by atoms with van der Waals surface area (Å²) >= 11 is 0. The first-order chi connectivity index (χ1) is 11.0. The van der Waals surface area contributed by atoms with Crippen LogP contribution in [0.3, 0.4) is 0 Å². The average molecular weight is 345 g/mol. The summed E-state index contributed by atoms with van der Waals surface area (Å²) in [4.78, 5) is 4.17. The SMILES string of the molecule is CC1(C)CCCC1(O)CN=C(N)Nc1ccc(OC(F)(F)F)cc1. The number of nitrogens with two attached hydrogens (primary N) is 1. The van der Waals surface area contributed by atoms with Gasteiger partial charge in [-0.25, -0.2) is 0 Å². The number of nitrogens with one attached hydrogen (secondary N) is 1. The van der Waals surface area contributed by atoms with Crippen LogP contribution in [0.25, 0.3) is 0 Å². The van der Waals surface area contributed by atoms with Crippen LogP contribution < -0.4 is 15.8 Å². The van der Waals surface area contributed by atoms with Gasteiger partial charge in [-0.15, -0.1) is 13.2 Å². The van der Waals surface area contributed by atoms with Crippen LogP contribution in [0.4, 0.5) is 18.9 Å². The van der Waals surface area contributed by atoms with Crippen molar-refractivity contribution in [2.45, 2.75) is 45.1 Å². The predicted octanol–water partition coefficient (Wildman–Crippen LogP) is 3.25. The van der Waals surface area contributed by atoms with E-state index in [1.165, 1.54) is 24.3 Å². The molecule has 134 valence electrons. The normalized spacial score (nSPS) is 24.0. The molecule has 4 N–H and O–H groups in total. The zero-order chi connectivity index (χ0) is 18.0. The van der Waals surface area contributed by atoms with E-state index in [-0.39, 0.29) is 23.7 Å². The third kappa shape index (κ3) is 4.53. The number of alkyl halides is 3. The molecular formula is C16H22F3N3O2. The lowest BCUT2D eigenvalue weighted by Gasteiger charge is -2.35. The van der Waals surface area contributed by atoms with E-state index in [0.29, 0.717) is 12.1 Å². The Bertz CT molecular complexity index is 600. The third-order valence-electron chi connectivity index (χ3n) is 4.52. The van der Waals surface area contributed by atoms with Crippen molar-refractivity contribution in [3.8, 4) is 5.75 Å². The summed E-state index contributed by atoms with van der Waals surface area (Å²) in [5.74, 6) is -0.221. The second kappa shape index (κ2) is 6.51. The van der Waals surface area contributed by atoms with E-state index < -0.39 is 12.0 Å². The molecule has 0 bridgehead atoms. The quantitative estimate of drug-likeness (QED) is 0.578. The van der Waals surface area contributed by atoms with Crippen LogP contribution in [0, 0.1) is 5.41 Å². The van der Waals surface area contributed by atoms with E-state index in [0.717, 1.165) is 12.8 Å². The highest BCUT2D eigenvalue weighted by molar-refractivity contribution is 5.92. The maximum Gasteiger partial charge on any atom is 0.573 e. The van der Waals surface area contributed by atoms with Gasteiger partial charge < -0.3 is 20.9 Å². The van der Waals surface area contributed by atoms with Crippen LogP contribution in [0.5, 0.6) is 5.75 Å². The van der Waals surface area contributed by atoms with Crippen molar-refractivity contribution >= 4 is 11.6 Å². The first kappa shape index (κ1) is 18.4. The molecule has 1 fully saturated rings. The molecule has 1 aromatic carbocycles. The van der Waals surface area contributed by atoms with Crippen LogP contribution >= 0.6 is 0 Å². The van der Waals surface area contributed by atoms with Gasteiger partial charge in [0.05, 0.1) is 12.1 Å². The van der Waals surface area contributed by atoms with Gasteiger partial charge in [0.1, 0.15) is 5.75 Å². The van der Waals surface area contributed by atoms with Gasteiger partial charge in [0, 0.05) is 5.69 Å². The topological polar surface area (TPSA) is 79.9 Å². The van der Waals surface area contributed by atoms with Crippen molar-refractivity contribution in [3.05, 3.63) is 24.3 Å². The zero-order valence-electron chi connectivity index (χ0n) is 13.7. The number of benzene rings is 1. The molecule has 0 amide bonds. The molecule has 1 unspecified atom stereocenters. The van der Waals surface area contributed by atoms with Crippen LogP contribution in [0.1, 0.15) is 33.1 Å². The molecule has 0 saturated heterocycles. The van der Waals surface area contributed by atoms with Gasteiger partial charge in [-0.2, -0.15) is 0 Å². The average Bonchev–Trinajstić information content (AvgIpc) is 2.72. The Hall–Kier alpha value is -1.96. The number of nitrogens with zero attached hydrogens (tertiary/aromatic N) is 1. The Balaban J connectivity index is 1.95. The maximum atomic E-state index is 12.1. The summed E-state index contributed by atoms with van der Waals surface area (Å²) in [7, 11) is 0. The standard InChI is InChI=1S/C16H22F3N3O2/c1-14(2)8-3-9-15(14,23)10-21-13(20)22-11-4-6-12(7-5-11)24-16(17,18)19/h4-7,23H,3,8-10H2,1-2H3,(H3,20,21,22). The lowest BCUT2D eigenvalue weighted by molar-refractivity contribution is -0.274. The predicted molar refractivity (Wildman–Crippen MR) is 85.8 cm³/mol.